The summed E-state index contributed by atoms with van der Waals surface area (Å²) in [4.78, 5) is 23.6. The molecule has 0 aliphatic rings. The number of carbonyl (C=O) groups is 2. The number of carbonyl (C=O) groups excluding carboxylic acids is 2. The van der Waals surface area contributed by atoms with Crippen molar-refractivity contribution in [3.63, 3.8) is 0 Å². The fourth-order valence-corrected chi connectivity index (χ4v) is 2.50. The standard InChI is InChI=1S/C21H20N4O3/c1-14-3-5-15(6-4-14)13-20(26)23-19-12-11-18(24-25-19)22-17-9-7-16(8-10-17)21(27)28-2/h3-12H,13H2,1-2H3,(H,22,24)(H,23,25,26). The Morgan fingerprint density at radius 1 is 0.893 bits per heavy atom. The number of anilines is 3. The van der Waals surface area contributed by atoms with E-state index < -0.39 is 5.97 Å². The monoisotopic (exact) mass is 376 g/mol. The number of nitrogens with zero attached hydrogens (tertiary/aromatic N) is 2. The second-order valence-corrected chi connectivity index (χ2v) is 6.21. The molecule has 0 aliphatic heterocycles. The van der Waals surface area contributed by atoms with E-state index in [2.05, 4.69) is 25.6 Å². The summed E-state index contributed by atoms with van der Waals surface area (Å²) in [6.07, 6.45) is 0.272. The van der Waals surface area contributed by atoms with Gasteiger partial charge < -0.3 is 15.4 Å². The lowest BCUT2D eigenvalue weighted by atomic mass is 10.1. The van der Waals surface area contributed by atoms with Crippen LogP contribution >= 0.6 is 0 Å². The molecule has 0 spiro atoms. The summed E-state index contributed by atoms with van der Waals surface area (Å²) in [5, 5.41) is 13.9. The largest absolute Gasteiger partial charge is 0.465 e. The first kappa shape index (κ1) is 19.0. The number of rotatable bonds is 6. The summed E-state index contributed by atoms with van der Waals surface area (Å²) < 4.78 is 4.67. The van der Waals surface area contributed by atoms with Gasteiger partial charge in [-0.1, -0.05) is 29.8 Å². The molecule has 3 aromatic rings. The van der Waals surface area contributed by atoms with Gasteiger partial charge in [-0.25, -0.2) is 4.79 Å². The maximum atomic E-state index is 12.1. The van der Waals surface area contributed by atoms with Crippen molar-refractivity contribution in [1.82, 2.24) is 10.2 Å². The Kier molecular flexibility index (Phi) is 5.96. The third-order valence-electron chi connectivity index (χ3n) is 4.00. The molecule has 0 bridgehead atoms. The Hall–Kier alpha value is -3.74. The lowest BCUT2D eigenvalue weighted by molar-refractivity contribution is -0.115. The number of methoxy groups -OCH3 is 1. The Morgan fingerprint density at radius 2 is 1.54 bits per heavy atom. The Balaban J connectivity index is 1.56. The molecule has 0 saturated carbocycles. The number of esters is 1. The lowest BCUT2D eigenvalue weighted by Crippen LogP contribution is -2.15. The highest BCUT2D eigenvalue weighted by Crippen LogP contribution is 2.16. The molecular formula is C21H20N4O3. The van der Waals surface area contributed by atoms with Crippen LogP contribution in [0.25, 0.3) is 0 Å². The van der Waals surface area contributed by atoms with E-state index in [0.29, 0.717) is 17.2 Å². The fraction of sp³-hybridized carbons (Fsp3) is 0.143. The SMILES string of the molecule is COC(=O)c1ccc(Nc2ccc(NC(=O)Cc3ccc(C)cc3)nn2)cc1. The molecular weight excluding hydrogens is 356 g/mol. The number of amides is 1. The molecule has 0 fully saturated rings. The second kappa shape index (κ2) is 8.77. The zero-order valence-electron chi connectivity index (χ0n) is 15.6. The van der Waals surface area contributed by atoms with Crippen LogP contribution in [0.15, 0.2) is 60.7 Å². The normalized spacial score (nSPS) is 10.2. The van der Waals surface area contributed by atoms with Crippen LogP contribution in [0.2, 0.25) is 0 Å². The number of nitrogens with one attached hydrogen (secondary N) is 2. The van der Waals surface area contributed by atoms with Crippen molar-refractivity contribution in [2.45, 2.75) is 13.3 Å². The van der Waals surface area contributed by atoms with Gasteiger partial charge in [-0.3, -0.25) is 4.79 Å². The van der Waals surface area contributed by atoms with Gasteiger partial charge in [0.2, 0.25) is 5.91 Å². The number of benzene rings is 2. The first-order chi connectivity index (χ1) is 13.5. The topological polar surface area (TPSA) is 93.2 Å². The van der Waals surface area contributed by atoms with Gasteiger partial charge in [0.05, 0.1) is 19.1 Å². The zero-order valence-corrected chi connectivity index (χ0v) is 15.6. The van der Waals surface area contributed by atoms with Crippen molar-refractivity contribution in [3.05, 3.63) is 77.4 Å². The summed E-state index contributed by atoms with van der Waals surface area (Å²) in [5.74, 6) is 0.348. The molecule has 0 atom stereocenters. The predicted molar refractivity (Wildman–Crippen MR) is 107 cm³/mol. The van der Waals surface area contributed by atoms with E-state index in [0.717, 1.165) is 16.8 Å². The van der Waals surface area contributed by atoms with Crippen LogP contribution in [0.1, 0.15) is 21.5 Å². The summed E-state index contributed by atoms with van der Waals surface area (Å²) in [6.45, 7) is 2.00. The minimum Gasteiger partial charge on any atom is -0.465 e. The molecule has 0 saturated heterocycles. The van der Waals surface area contributed by atoms with Crippen molar-refractivity contribution in [2.24, 2.45) is 0 Å². The average Bonchev–Trinajstić information content (AvgIpc) is 2.71. The van der Waals surface area contributed by atoms with Crippen molar-refractivity contribution >= 4 is 29.2 Å². The van der Waals surface area contributed by atoms with Gasteiger partial charge in [-0.15, -0.1) is 10.2 Å². The fourth-order valence-electron chi connectivity index (χ4n) is 2.50. The molecule has 1 heterocycles. The first-order valence-corrected chi connectivity index (χ1v) is 8.68. The molecule has 2 aromatic carbocycles. The van der Waals surface area contributed by atoms with Gasteiger partial charge in [0.15, 0.2) is 11.6 Å². The number of ether oxygens (including phenoxy) is 1. The van der Waals surface area contributed by atoms with Crippen LogP contribution in [0.4, 0.5) is 17.3 Å². The van der Waals surface area contributed by atoms with E-state index in [1.54, 1.807) is 36.4 Å². The van der Waals surface area contributed by atoms with Gasteiger partial charge >= 0.3 is 5.97 Å². The Labute approximate surface area is 162 Å². The van der Waals surface area contributed by atoms with E-state index in [1.807, 2.05) is 31.2 Å². The van der Waals surface area contributed by atoms with E-state index in [1.165, 1.54) is 7.11 Å². The summed E-state index contributed by atoms with van der Waals surface area (Å²) in [6, 6.07) is 18.0. The molecule has 0 unspecified atom stereocenters. The maximum Gasteiger partial charge on any atom is 0.337 e. The molecule has 2 N–H and O–H groups in total. The van der Waals surface area contributed by atoms with Crippen LogP contribution in [-0.4, -0.2) is 29.2 Å². The molecule has 3 rings (SSSR count). The lowest BCUT2D eigenvalue weighted by Gasteiger charge is -2.07. The third-order valence-corrected chi connectivity index (χ3v) is 4.00. The quantitative estimate of drug-likeness (QED) is 0.640. The number of hydrogen-bond acceptors (Lipinski definition) is 6. The molecule has 7 nitrogen and oxygen atoms in total. The molecule has 142 valence electrons. The summed E-state index contributed by atoms with van der Waals surface area (Å²) >= 11 is 0. The van der Waals surface area contributed by atoms with Crippen LogP contribution in [-0.2, 0) is 16.0 Å². The highest BCUT2D eigenvalue weighted by molar-refractivity contribution is 5.91. The molecule has 0 aliphatic carbocycles. The predicted octanol–water partition coefficient (Wildman–Crippen LogP) is 3.50. The van der Waals surface area contributed by atoms with E-state index in [4.69, 9.17) is 0 Å². The van der Waals surface area contributed by atoms with E-state index in [-0.39, 0.29) is 12.3 Å². The maximum absolute atomic E-state index is 12.1. The van der Waals surface area contributed by atoms with Crippen molar-refractivity contribution in [3.8, 4) is 0 Å². The van der Waals surface area contributed by atoms with Crippen molar-refractivity contribution in [1.29, 1.82) is 0 Å². The van der Waals surface area contributed by atoms with Gasteiger partial charge in [-0.05, 0) is 48.9 Å². The molecule has 0 radical (unpaired) electrons. The minimum atomic E-state index is -0.392. The van der Waals surface area contributed by atoms with Crippen LogP contribution < -0.4 is 10.6 Å². The summed E-state index contributed by atoms with van der Waals surface area (Å²) in [5.41, 5.74) is 3.30. The second-order valence-electron chi connectivity index (χ2n) is 6.21. The molecule has 28 heavy (non-hydrogen) atoms. The number of hydrogen-bond donors (Lipinski definition) is 2. The minimum absolute atomic E-state index is 0.155. The van der Waals surface area contributed by atoms with Crippen LogP contribution in [0.5, 0.6) is 0 Å². The third kappa shape index (κ3) is 5.14. The highest BCUT2D eigenvalue weighted by atomic mass is 16.5. The average molecular weight is 376 g/mol. The van der Waals surface area contributed by atoms with E-state index >= 15 is 0 Å². The highest BCUT2D eigenvalue weighted by Gasteiger charge is 2.07. The molecule has 7 heteroatoms. The Bertz CT molecular complexity index is 952. The first-order valence-electron chi connectivity index (χ1n) is 8.68. The number of aromatic nitrogens is 2. The molecule has 1 amide bonds. The smallest absolute Gasteiger partial charge is 0.337 e. The Morgan fingerprint density at radius 3 is 2.14 bits per heavy atom. The molecule has 1 aromatic heterocycles. The van der Waals surface area contributed by atoms with Crippen molar-refractivity contribution < 1.29 is 14.3 Å². The van der Waals surface area contributed by atoms with Gasteiger partial charge in [0, 0.05) is 5.69 Å². The van der Waals surface area contributed by atoms with Crippen LogP contribution in [0, 0.1) is 6.92 Å². The van der Waals surface area contributed by atoms with Gasteiger partial charge in [-0.2, -0.15) is 0 Å². The van der Waals surface area contributed by atoms with Crippen molar-refractivity contribution in [2.75, 3.05) is 17.7 Å². The van der Waals surface area contributed by atoms with E-state index in [9.17, 15) is 9.59 Å². The zero-order chi connectivity index (χ0) is 19.9. The van der Waals surface area contributed by atoms with Crippen LogP contribution in [0.3, 0.4) is 0 Å². The number of aryl methyl sites for hydroxylation is 1. The summed E-state index contributed by atoms with van der Waals surface area (Å²) in [7, 11) is 1.34. The van der Waals surface area contributed by atoms with Gasteiger partial charge in [0.1, 0.15) is 0 Å². The van der Waals surface area contributed by atoms with Gasteiger partial charge in [0.25, 0.3) is 0 Å².